The van der Waals surface area contributed by atoms with E-state index in [1.807, 2.05) is 18.2 Å². The van der Waals surface area contributed by atoms with E-state index in [0.29, 0.717) is 18.9 Å². The van der Waals surface area contributed by atoms with Crippen molar-refractivity contribution in [2.24, 2.45) is 0 Å². The molecule has 0 spiro atoms. The summed E-state index contributed by atoms with van der Waals surface area (Å²) in [7, 11) is 0. The summed E-state index contributed by atoms with van der Waals surface area (Å²) in [6.45, 7) is 5.57. The fourth-order valence-corrected chi connectivity index (χ4v) is 1.67. The van der Waals surface area contributed by atoms with E-state index in [-0.39, 0.29) is 0 Å². The highest BCUT2D eigenvalue weighted by atomic mass is 16.5. The molecule has 0 unspecified atom stereocenters. The molecule has 1 aromatic carbocycles. The molecule has 0 saturated carbocycles. The van der Waals surface area contributed by atoms with Crippen molar-refractivity contribution in [3.63, 3.8) is 0 Å². The second-order valence-corrected chi connectivity index (χ2v) is 4.68. The topological polar surface area (TPSA) is 51.0 Å². The molecule has 19 heavy (non-hydrogen) atoms. The van der Waals surface area contributed by atoms with E-state index in [1.54, 1.807) is 0 Å². The van der Waals surface area contributed by atoms with Gasteiger partial charge in [-0.1, -0.05) is 47.1 Å². The monoisotopic (exact) mass is 257 g/mol. The maximum atomic E-state index is 5.20. The lowest BCUT2D eigenvalue weighted by molar-refractivity contribution is 0.366. The zero-order valence-corrected chi connectivity index (χ0v) is 11.4. The molecular weight excluding hydrogens is 238 g/mol. The van der Waals surface area contributed by atoms with Gasteiger partial charge in [-0.2, -0.15) is 4.98 Å². The lowest BCUT2D eigenvalue weighted by atomic mass is 10.1. The standard InChI is InChI=1S/C15H19N3O/c1-12(2)8-9-16-11-15-17-14(18-19-15)10-13-6-4-3-5-7-13/h3-8,16H,9-11H2,1-2H3. The molecule has 2 rings (SSSR count). The number of rotatable bonds is 6. The fourth-order valence-electron chi connectivity index (χ4n) is 1.67. The summed E-state index contributed by atoms with van der Waals surface area (Å²) in [5, 5.41) is 7.22. The van der Waals surface area contributed by atoms with Crippen molar-refractivity contribution in [2.45, 2.75) is 26.8 Å². The molecule has 2 aromatic rings. The van der Waals surface area contributed by atoms with Crippen LogP contribution < -0.4 is 5.32 Å². The summed E-state index contributed by atoms with van der Waals surface area (Å²) in [6.07, 6.45) is 2.83. The minimum absolute atomic E-state index is 0.603. The largest absolute Gasteiger partial charge is 0.338 e. The Morgan fingerprint density at radius 3 is 2.79 bits per heavy atom. The summed E-state index contributed by atoms with van der Waals surface area (Å²) >= 11 is 0. The van der Waals surface area contributed by atoms with Crippen LogP contribution in [0.25, 0.3) is 0 Å². The third-order valence-corrected chi connectivity index (χ3v) is 2.65. The van der Waals surface area contributed by atoms with E-state index in [9.17, 15) is 0 Å². The number of allylic oxidation sites excluding steroid dienone is 1. The van der Waals surface area contributed by atoms with E-state index in [0.717, 1.165) is 12.4 Å². The van der Waals surface area contributed by atoms with Crippen molar-refractivity contribution in [3.8, 4) is 0 Å². The molecule has 100 valence electrons. The van der Waals surface area contributed by atoms with Crippen molar-refractivity contribution in [1.82, 2.24) is 15.5 Å². The normalized spacial score (nSPS) is 10.4. The van der Waals surface area contributed by atoms with Crippen molar-refractivity contribution in [2.75, 3.05) is 6.54 Å². The van der Waals surface area contributed by atoms with Crippen LogP contribution in [0, 0.1) is 0 Å². The lowest BCUT2D eigenvalue weighted by Crippen LogP contribution is -2.13. The smallest absolute Gasteiger partial charge is 0.240 e. The molecule has 0 aliphatic heterocycles. The maximum absolute atomic E-state index is 5.20. The van der Waals surface area contributed by atoms with Crippen LogP contribution in [0.1, 0.15) is 31.1 Å². The van der Waals surface area contributed by atoms with E-state index >= 15 is 0 Å². The summed E-state index contributed by atoms with van der Waals surface area (Å²) in [6, 6.07) is 10.1. The first-order valence-electron chi connectivity index (χ1n) is 6.43. The third-order valence-electron chi connectivity index (χ3n) is 2.65. The number of hydrogen-bond donors (Lipinski definition) is 1. The van der Waals surface area contributed by atoms with Gasteiger partial charge >= 0.3 is 0 Å². The molecule has 4 nitrogen and oxygen atoms in total. The highest BCUT2D eigenvalue weighted by Crippen LogP contribution is 2.06. The molecule has 0 radical (unpaired) electrons. The number of nitrogens with zero attached hydrogens (tertiary/aromatic N) is 2. The predicted molar refractivity (Wildman–Crippen MR) is 74.7 cm³/mol. The maximum Gasteiger partial charge on any atom is 0.240 e. The summed E-state index contributed by atoms with van der Waals surface area (Å²) in [4.78, 5) is 4.36. The van der Waals surface area contributed by atoms with Crippen LogP contribution in [0.3, 0.4) is 0 Å². The predicted octanol–water partition coefficient (Wildman–Crippen LogP) is 2.72. The van der Waals surface area contributed by atoms with Crippen LogP contribution >= 0.6 is 0 Å². The molecule has 0 amide bonds. The molecule has 0 bridgehead atoms. The van der Waals surface area contributed by atoms with Crippen molar-refractivity contribution in [3.05, 3.63) is 59.3 Å². The molecule has 1 N–H and O–H groups in total. The number of nitrogens with one attached hydrogen (secondary N) is 1. The summed E-state index contributed by atoms with van der Waals surface area (Å²) in [5.74, 6) is 1.36. The van der Waals surface area contributed by atoms with Crippen molar-refractivity contribution in [1.29, 1.82) is 0 Å². The molecule has 0 saturated heterocycles. The minimum Gasteiger partial charge on any atom is -0.338 e. The van der Waals surface area contributed by atoms with Gasteiger partial charge < -0.3 is 9.84 Å². The number of benzene rings is 1. The minimum atomic E-state index is 0.603. The van der Waals surface area contributed by atoms with E-state index in [1.165, 1.54) is 11.1 Å². The Hall–Kier alpha value is -1.94. The molecule has 0 atom stereocenters. The molecule has 4 heteroatoms. The average molecular weight is 257 g/mol. The third kappa shape index (κ3) is 4.67. The van der Waals surface area contributed by atoms with Gasteiger partial charge in [0.2, 0.25) is 5.89 Å². The first-order valence-corrected chi connectivity index (χ1v) is 6.43. The summed E-state index contributed by atoms with van der Waals surface area (Å²) in [5.41, 5.74) is 2.48. The average Bonchev–Trinajstić information content (AvgIpc) is 2.83. The SMILES string of the molecule is CC(C)=CCNCc1nc(Cc2ccccc2)no1. The molecule has 0 fully saturated rings. The van der Waals surface area contributed by atoms with Gasteiger partial charge in [-0.05, 0) is 19.4 Å². The Morgan fingerprint density at radius 2 is 2.05 bits per heavy atom. The van der Waals surface area contributed by atoms with Gasteiger partial charge in [0, 0.05) is 13.0 Å². The Balaban J connectivity index is 1.84. The van der Waals surface area contributed by atoms with Gasteiger partial charge in [0.15, 0.2) is 5.82 Å². The molecule has 1 aromatic heterocycles. The van der Waals surface area contributed by atoms with Crippen LogP contribution in [0.2, 0.25) is 0 Å². The fraction of sp³-hybridized carbons (Fsp3) is 0.333. The van der Waals surface area contributed by atoms with Crippen LogP contribution in [-0.2, 0) is 13.0 Å². The Morgan fingerprint density at radius 1 is 1.26 bits per heavy atom. The zero-order valence-electron chi connectivity index (χ0n) is 11.4. The molecular formula is C15H19N3O. The zero-order chi connectivity index (χ0) is 13.5. The van der Waals surface area contributed by atoms with Crippen LogP contribution in [-0.4, -0.2) is 16.7 Å². The van der Waals surface area contributed by atoms with E-state index < -0.39 is 0 Å². The second kappa shape index (κ2) is 6.85. The second-order valence-electron chi connectivity index (χ2n) is 4.68. The summed E-state index contributed by atoms with van der Waals surface area (Å²) < 4.78 is 5.20. The highest BCUT2D eigenvalue weighted by molar-refractivity contribution is 5.18. The van der Waals surface area contributed by atoms with E-state index in [2.05, 4.69) is 47.5 Å². The van der Waals surface area contributed by atoms with Gasteiger partial charge in [-0.3, -0.25) is 0 Å². The Kier molecular flexibility index (Phi) is 4.86. The molecule has 0 aliphatic carbocycles. The lowest BCUT2D eigenvalue weighted by Gasteiger charge is -1.96. The van der Waals surface area contributed by atoms with E-state index in [4.69, 9.17) is 4.52 Å². The van der Waals surface area contributed by atoms with Crippen LogP contribution in [0.15, 0.2) is 46.5 Å². The molecule has 0 aliphatic rings. The quantitative estimate of drug-likeness (QED) is 0.638. The van der Waals surface area contributed by atoms with Crippen LogP contribution in [0.5, 0.6) is 0 Å². The number of aromatic nitrogens is 2. The van der Waals surface area contributed by atoms with Gasteiger partial charge in [-0.25, -0.2) is 0 Å². The Labute approximate surface area is 113 Å². The van der Waals surface area contributed by atoms with Gasteiger partial charge in [0.05, 0.1) is 6.54 Å². The number of hydrogen-bond acceptors (Lipinski definition) is 4. The van der Waals surface area contributed by atoms with Crippen molar-refractivity contribution >= 4 is 0 Å². The van der Waals surface area contributed by atoms with Gasteiger partial charge in [-0.15, -0.1) is 0 Å². The van der Waals surface area contributed by atoms with Gasteiger partial charge in [0.25, 0.3) is 0 Å². The first kappa shape index (κ1) is 13.5. The van der Waals surface area contributed by atoms with Crippen LogP contribution in [0.4, 0.5) is 0 Å². The highest BCUT2D eigenvalue weighted by Gasteiger charge is 2.06. The molecule has 1 heterocycles. The first-order chi connectivity index (χ1) is 9.24. The Bertz CT molecular complexity index is 527. The van der Waals surface area contributed by atoms with Gasteiger partial charge in [0.1, 0.15) is 0 Å². The van der Waals surface area contributed by atoms with Crippen molar-refractivity contribution < 1.29 is 4.52 Å².